The van der Waals surface area contributed by atoms with Crippen LogP contribution in [0.5, 0.6) is 0 Å². The van der Waals surface area contributed by atoms with E-state index >= 15 is 0 Å². The van der Waals surface area contributed by atoms with Crippen molar-refractivity contribution in [3.63, 3.8) is 0 Å². The summed E-state index contributed by atoms with van der Waals surface area (Å²) in [6, 6.07) is 0. The standard InChI is InChI=1S/C15H29NO3S/c1-14(2)8-10-15(17,11-9-14)12-16-20(18,19)13-6-4-3-5-7-13/h13,16-17H,3-12H2,1-2H3. The average Bonchev–Trinajstić information content (AvgIpc) is 2.42. The third kappa shape index (κ3) is 4.18. The molecule has 118 valence electrons. The summed E-state index contributed by atoms with van der Waals surface area (Å²) in [5.74, 6) is 0. The van der Waals surface area contributed by atoms with Crippen molar-refractivity contribution >= 4 is 10.0 Å². The number of sulfonamides is 1. The van der Waals surface area contributed by atoms with Crippen LogP contribution in [-0.2, 0) is 10.0 Å². The van der Waals surface area contributed by atoms with Crippen LogP contribution in [0.3, 0.4) is 0 Å². The summed E-state index contributed by atoms with van der Waals surface area (Å²) in [6.07, 6.45) is 7.96. The molecule has 0 spiro atoms. The van der Waals surface area contributed by atoms with Gasteiger partial charge in [-0.2, -0.15) is 0 Å². The average molecular weight is 303 g/mol. The second-order valence-corrected chi connectivity index (χ2v) is 9.56. The minimum absolute atomic E-state index is 0.182. The lowest BCUT2D eigenvalue weighted by Crippen LogP contribution is -2.48. The normalized spacial score (nSPS) is 27.4. The van der Waals surface area contributed by atoms with E-state index in [0.29, 0.717) is 12.8 Å². The molecule has 0 bridgehead atoms. The number of hydrogen-bond donors (Lipinski definition) is 2. The van der Waals surface area contributed by atoms with Crippen LogP contribution in [0.2, 0.25) is 0 Å². The molecule has 0 aromatic rings. The Hall–Kier alpha value is -0.130. The van der Waals surface area contributed by atoms with Gasteiger partial charge in [0, 0.05) is 6.54 Å². The van der Waals surface area contributed by atoms with Gasteiger partial charge in [-0.25, -0.2) is 13.1 Å². The SMILES string of the molecule is CC1(C)CCC(O)(CNS(=O)(=O)C2CCCCC2)CC1. The Kier molecular flexibility index (Phi) is 4.82. The Labute approximate surface area is 123 Å². The summed E-state index contributed by atoms with van der Waals surface area (Å²) < 4.78 is 27.2. The molecule has 20 heavy (non-hydrogen) atoms. The van der Waals surface area contributed by atoms with E-state index in [2.05, 4.69) is 18.6 Å². The van der Waals surface area contributed by atoms with Gasteiger partial charge >= 0.3 is 0 Å². The first kappa shape index (κ1) is 16.2. The van der Waals surface area contributed by atoms with E-state index in [9.17, 15) is 13.5 Å². The van der Waals surface area contributed by atoms with Crippen molar-refractivity contribution in [2.45, 2.75) is 82.5 Å². The van der Waals surface area contributed by atoms with Crippen LogP contribution in [0.1, 0.15) is 71.6 Å². The first-order valence-electron chi connectivity index (χ1n) is 7.93. The first-order chi connectivity index (χ1) is 9.23. The van der Waals surface area contributed by atoms with Gasteiger partial charge < -0.3 is 5.11 Å². The van der Waals surface area contributed by atoms with E-state index in [-0.39, 0.29) is 17.2 Å². The number of aliphatic hydroxyl groups is 1. The highest BCUT2D eigenvalue weighted by atomic mass is 32.2. The molecule has 0 aromatic heterocycles. The van der Waals surface area contributed by atoms with Crippen LogP contribution in [-0.4, -0.2) is 30.9 Å². The summed E-state index contributed by atoms with van der Waals surface area (Å²) >= 11 is 0. The van der Waals surface area contributed by atoms with Crippen molar-refractivity contribution in [3.8, 4) is 0 Å². The van der Waals surface area contributed by atoms with Crippen molar-refractivity contribution in [3.05, 3.63) is 0 Å². The molecule has 2 aliphatic rings. The third-order valence-electron chi connectivity index (χ3n) is 5.13. The molecule has 0 unspecified atom stereocenters. The molecular formula is C15H29NO3S. The summed E-state index contributed by atoms with van der Waals surface area (Å²) in [5, 5.41) is 10.3. The zero-order valence-corrected chi connectivity index (χ0v) is 13.6. The maximum Gasteiger partial charge on any atom is 0.214 e. The molecule has 4 nitrogen and oxygen atoms in total. The summed E-state index contributed by atoms with van der Waals surface area (Å²) in [4.78, 5) is 0. The van der Waals surface area contributed by atoms with Gasteiger partial charge in [0.15, 0.2) is 0 Å². The lowest BCUT2D eigenvalue weighted by Gasteiger charge is -2.40. The molecule has 2 N–H and O–H groups in total. The minimum atomic E-state index is -3.26. The van der Waals surface area contributed by atoms with Gasteiger partial charge in [0.05, 0.1) is 10.9 Å². The molecule has 0 amide bonds. The van der Waals surface area contributed by atoms with E-state index in [1.54, 1.807) is 0 Å². The van der Waals surface area contributed by atoms with Crippen LogP contribution < -0.4 is 4.72 Å². The highest BCUT2D eigenvalue weighted by molar-refractivity contribution is 7.90. The maximum atomic E-state index is 12.3. The molecule has 0 atom stereocenters. The van der Waals surface area contributed by atoms with Crippen molar-refractivity contribution in [1.29, 1.82) is 0 Å². The number of hydrogen-bond acceptors (Lipinski definition) is 3. The smallest absolute Gasteiger partial charge is 0.214 e. The molecule has 5 heteroatoms. The van der Waals surface area contributed by atoms with E-state index < -0.39 is 15.6 Å². The Balaban J connectivity index is 1.87. The predicted octanol–water partition coefficient (Wildman–Crippen LogP) is 2.57. The zero-order valence-electron chi connectivity index (χ0n) is 12.8. The molecule has 2 aliphatic carbocycles. The van der Waals surface area contributed by atoms with Crippen LogP contribution >= 0.6 is 0 Å². The lowest BCUT2D eigenvalue weighted by atomic mass is 9.71. The minimum Gasteiger partial charge on any atom is -0.389 e. The van der Waals surface area contributed by atoms with Crippen molar-refractivity contribution in [1.82, 2.24) is 4.72 Å². The van der Waals surface area contributed by atoms with Gasteiger partial charge in [-0.15, -0.1) is 0 Å². The van der Waals surface area contributed by atoms with E-state index in [0.717, 1.165) is 44.9 Å². The number of rotatable bonds is 4. The van der Waals surface area contributed by atoms with Crippen LogP contribution in [0.4, 0.5) is 0 Å². The van der Waals surface area contributed by atoms with Crippen molar-refractivity contribution < 1.29 is 13.5 Å². The summed E-state index contributed by atoms with van der Waals surface area (Å²) in [7, 11) is -3.26. The van der Waals surface area contributed by atoms with E-state index in [4.69, 9.17) is 0 Å². The lowest BCUT2D eigenvalue weighted by molar-refractivity contribution is -0.0206. The fourth-order valence-electron chi connectivity index (χ4n) is 3.30. The molecule has 2 saturated carbocycles. The van der Waals surface area contributed by atoms with Gasteiger partial charge in [-0.3, -0.25) is 0 Å². The molecule has 0 heterocycles. The predicted molar refractivity (Wildman–Crippen MR) is 81.0 cm³/mol. The third-order valence-corrected chi connectivity index (χ3v) is 7.02. The van der Waals surface area contributed by atoms with Crippen LogP contribution in [0, 0.1) is 5.41 Å². The Morgan fingerprint density at radius 2 is 1.60 bits per heavy atom. The van der Waals surface area contributed by atoms with Gasteiger partial charge in [-0.05, 0) is 43.9 Å². The molecule has 0 saturated heterocycles. The summed E-state index contributed by atoms with van der Waals surface area (Å²) in [6.45, 7) is 4.60. The molecule has 2 rings (SSSR count). The van der Waals surface area contributed by atoms with Crippen LogP contribution in [0.15, 0.2) is 0 Å². The van der Waals surface area contributed by atoms with Crippen molar-refractivity contribution in [2.24, 2.45) is 5.41 Å². The molecule has 0 aliphatic heterocycles. The second kappa shape index (κ2) is 5.93. The second-order valence-electron chi connectivity index (χ2n) is 7.51. The monoisotopic (exact) mass is 303 g/mol. The van der Waals surface area contributed by atoms with E-state index in [1.807, 2.05) is 0 Å². The fourth-order valence-corrected chi connectivity index (χ4v) is 4.96. The highest BCUT2D eigenvalue weighted by Crippen LogP contribution is 2.40. The molecule has 0 radical (unpaired) electrons. The Bertz CT molecular complexity index is 414. The van der Waals surface area contributed by atoms with Crippen LogP contribution in [0.25, 0.3) is 0 Å². The van der Waals surface area contributed by atoms with Gasteiger partial charge in [0.25, 0.3) is 0 Å². The molecule has 2 fully saturated rings. The Morgan fingerprint density at radius 3 is 2.15 bits per heavy atom. The first-order valence-corrected chi connectivity index (χ1v) is 9.48. The zero-order chi connectivity index (χ0) is 14.9. The summed E-state index contributed by atoms with van der Waals surface area (Å²) in [5.41, 5.74) is -0.578. The molecule has 0 aromatic carbocycles. The van der Waals surface area contributed by atoms with Gasteiger partial charge in [0.2, 0.25) is 10.0 Å². The molecular weight excluding hydrogens is 274 g/mol. The Morgan fingerprint density at radius 1 is 1.05 bits per heavy atom. The van der Waals surface area contributed by atoms with Crippen molar-refractivity contribution in [2.75, 3.05) is 6.54 Å². The van der Waals surface area contributed by atoms with Gasteiger partial charge in [0.1, 0.15) is 0 Å². The highest BCUT2D eigenvalue weighted by Gasteiger charge is 2.38. The number of nitrogens with one attached hydrogen (secondary N) is 1. The largest absolute Gasteiger partial charge is 0.389 e. The maximum absolute atomic E-state index is 12.3. The quantitative estimate of drug-likeness (QED) is 0.839. The fraction of sp³-hybridized carbons (Fsp3) is 1.00. The van der Waals surface area contributed by atoms with E-state index in [1.165, 1.54) is 0 Å². The van der Waals surface area contributed by atoms with Gasteiger partial charge in [-0.1, -0.05) is 33.1 Å². The topological polar surface area (TPSA) is 66.4 Å².